The predicted molar refractivity (Wildman–Crippen MR) is 93.7 cm³/mol. The Morgan fingerprint density at radius 2 is 1.96 bits per heavy atom. The van der Waals surface area contributed by atoms with Crippen LogP contribution in [-0.4, -0.2) is 36.3 Å². The number of ether oxygens (including phenoxy) is 2. The summed E-state index contributed by atoms with van der Waals surface area (Å²) >= 11 is 1.56. The van der Waals surface area contributed by atoms with Gasteiger partial charge in [-0.25, -0.2) is 4.79 Å². The average molecular weight is 361 g/mol. The summed E-state index contributed by atoms with van der Waals surface area (Å²) in [7, 11) is 1.63. The molecule has 3 rings (SSSR count). The molecule has 2 heterocycles. The summed E-state index contributed by atoms with van der Waals surface area (Å²) in [5.41, 5.74) is 2.16. The number of carbonyl (C=O) groups is 2. The molecule has 1 aliphatic heterocycles. The number of benzene rings is 1. The SMILES string of the molecule is COc1ccc(-c2csc(CNC(=O)[C@@H]3CC[C@H](C(=O)O)O3)c2)cc1. The Morgan fingerprint density at radius 1 is 1.24 bits per heavy atom. The zero-order chi connectivity index (χ0) is 17.8. The highest BCUT2D eigenvalue weighted by Gasteiger charge is 2.34. The van der Waals surface area contributed by atoms with Gasteiger partial charge >= 0.3 is 5.97 Å². The summed E-state index contributed by atoms with van der Waals surface area (Å²) in [6.45, 7) is 0.400. The van der Waals surface area contributed by atoms with Crippen LogP contribution in [0.25, 0.3) is 11.1 Å². The molecule has 0 saturated carbocycles. The molecule has 2 atom stereocenters. The molecule has 132 valence electrons. The lowest BCUT2D eigenvalue weighted by atomic mass is 10.1. The van der Waals surface area contributed by atoms with Crippen molar-refractivity contribution < 1.29 is 24.2 Å². The topological polar surface area (TPSA) is 84.9 Å². The predicted octanol–water partition coefficient (Wildman–Crippen LogP) is 2.67. The zero-order valence-corrected chi connectivity index (χ0v) is 14.5. The van der Waals surface area contributed by atoms with E-state index in [1.54, 1.807) is 18.4 Å². The molecule has 1 fully saturated rings. The van der Waals surface area contributed by atoms with Crippen LogP contribution in [0.2, 0.25) is 0 Å². The van der Waals surface area contributed by atoms with Gasteiger partial charge in [-0.1, -0.05) is 12.1 Å². The summed E-state index contributed by atoms with van der Waals surface area (Å²) in [6.07, 6.45) is -0.750. The van der Waals surface area contributed by atoms with Crippen molar-refractivity contribution in [3.05, 3.63) is 40.6 Å². The summed E-state index contributed by atoms with van der Waals surface area (Å²) in [6, 6.07) is 9.82. The Kier molecular flexibility index (Phi) is 5.35. The van der Waals surface area contributed by atoms with Gasteiger partial charge in [0.25, 0.3) is 0 Å². The standard InChI is InChI=1S/C18H19NO5S/c1-23-13-4-2-11(3-5-13)12-8-14(25-10-12)9-19-17(20)15-6-7-16(24-15)18(21)22/h2-5,8,10,15-16H,6-7,9H2,1H3,(H,19,20)(H,21,22)/t15-,16+/m0/s1. The molecule has 0 spiro atoms. The number of carbonyl (C=O) groups excluding carboxylic acids is 1. The largest absolute Gasteiger partial charge is 0.497 e. The minimum atomic E-state index is -1.02. The summed E-state index contributed by atoms with van der Waals surface area (Å²) in [5, 5.41) is 13.8. The van der Waals surface area contributed by atoms with Crippen LogP contribution < -0.4 is 10.1 Å². The second-order valence-corrected chi connectivity index (χ2v) is 6.77. The summed E-state index contributed by atoms with van der Waals surface area (Å²) < 4.78 is 10.4. The quantitative estimate of drug-likeness (QED) is 0.826. The highest BCUT2D eigenvalue weighted by molar-refractivity contribution is 7.10. The molecular formula is C18H19NO5S. The minimum Gasteiger partial charge on any atom is -0.497 e. The maximum absolute atomic E-state index is 12.1. The highest BCUT2D eigenvalue weighted by Crippen LogP contribution is 2.27. The van der Waals surface area contributed by atoms with Crippen molar-refractivity contribution in [1.29, 1.82) is 0 Å². The number of rotatable bonds is 6. The van der Waals surface area contributed by atoms with Crippen LogP contribution in [0, 0.1) is 0 Å². The molecule has 1 amide bonds. The lowest BCUT2D eigenvalue weighted by Gasteiger charge is -2.11. The first-order valence-electron chi connectivity index (χ1n) is 7.94. The first kappa shape index (κ1) is 17.4. The van der Waals surface area contributed by atoms with E-state index < -0.39 is 18.2 Å². The molecule has 6 nitrogen and oxygen atoms in total. The highest BCUT2D eigenvalue weighted by atomic mass is 32.1. The van der Waals surface area contributed by atoms with Gasteiger partial charge in [0.1, 0.15) is 11.9 Å². The van der Waals surface area contributed by atoms with Crippen LogP contribution in [-0.2, 0) is 20.9 Å². The van der Waals surface area contributed by atoms with E-state index >= 15 is 0 Å². The monoisotopic (exact) mass is 361 g/mol. The molecule has 0 radical (unpaired) electrons. The molecule has 25 heavy (non-hydrogen) atoms. The molecule has 1 aromatic carbocycles. The second kappa shape index (κ2) is 7.67. The average Bonchev–Trinajstić information content (AvgIpc) is 3.29. The number of hydrogen-bond donors (Lipinski definition) is 2. The fourth-order valence-corrected chi connectivity index (χ4v) is 3.54. The minimum absolute atomic E-state index is 0.261. The van der Waals surface area contributed by atoms with Crippen molar-refractivity contribution in [2.24, 2.45) is 0 Å². The smallest absolute Gasteiger partial charge is 0.332 e. The van der Waals surface area contributed by atoms with E-state index in [4.69, 9.17) is 14.6 Å². The molecule has 2 aromatic rings. The van der Waals surface area contributed by atoms with Crippen LogP contribution in [0.3, 0.4) is 0 Å². The lowest BCUT2D eigenvalue weighted by Crippen LogP contribution is -2.35. The van der Waals surface area contributed by atoms with Gasteiger partial charge in [-0.15, -0.1) is 11.3 Å². The molecule has 7 heteroatoms. The first-order valence-corrected chi connectivity index (χ1v) is 8.82. The summed E-state index contributed by atoms with van der Waals surface area (Å²) in [5.74, 6) is -0.469. The Morgan fingerprint density at radius 3 is 2.60 bits per heavy atom. The van der Waals surface area contributed by atoms with E-state index in [9.17, 15) is 9.59 Å². The van der Waals surface area contributed by atoms with Crippen molar-refractivity contribution in [1.82, 2.24) is 5.32 Å². The number of aliphatic carboxylic acids is 1. The third-order valence-electron chi connectivity index (χ3n) is 4.10. The van der Waals surface area contributed by atoms with Crippen molar-refractivity contribution in [2.75, 3.05) is 7.11 Å². The number of carboxylic acid groups (broad SMARTS) is 1. The van der Waals surface area contributed by atoms with Crippen molar-refractivity contribution in [3.63, 3.8) is 0 Å². The van der Waals surface area contributed by atoms with Crippen LogP contribution in [0.1, 0.15) is 17.7 Å². The second-order valence-electron chi connectivity index (χ2n) is 5.78. The van der Waals surface area contributed by atoms with Gasteiger partial charge < -0.3 is 19.9 Å². The number of nitrogens with one attached hydrogen (secondary N) is 1. The van der Waals surface area contributed by atoms with Gasteiger partial charge in [-0.3, -0.25) is 4.79 Å². The van der Waals surface area contributed by atoms with Crippen molar-refractivity contribution >= 4 is 23.2 Å². The van der Waals surface area contributed by atoms with Gasteiger partial charge in [-0.2, -0.15) is 0 Å². The Balaban J connectivity index is 1.55. The first-order chi connectivity index (χ1) is 12.1. The molecule has 0 aliphatic carbocycles. The van der Waals surface area contributed by atoms with E-state index in [-0.39, 0.29) is 5.91 Å². The van der Waals surface area contributed by atoms with Crippen LogP contribution >= 0.6 is 11.3 Å². The van der Waals surface area contributed by atoms with E-state index in [2.05, 4.69) is 5.32 Å². The molecule has 2 N–H and O–H groups in total. The van der Waals surface area contributed by atoms with Gasteiger partial charge in [0, 0.05) is 4.88 Å². The van der Waals surface area contributed by atoms with Crippen LogP contribution in [0.15, 0.2) is 35.7 Å². The lowest BCUT2D eigenvalue weighted by molar-refractivity contribution is -0.151. The number of methoxy groups -OCH3 is 1. The van der Waals surface area contributed by atoms with E-state index in [0.29, 0.717) is 19.4 Å². The van der Waals surface area contributed by atoms with Gasteiger partial charge in [0.2, 0.25) is 5.91 Å². The Labute approximate surface area is 149 Å². The van der Waals surface area contributed by atoms with E-state index in [0.717, 1.165) is 21.8 Å². The number of thiophene rings is 1. The molecule has 1 aromatic heterocycles. The molecule has 0 unspecified atom stereocenters. The maximum atomic E-state index is 12.1. The van der Waals surface area contributed by atoms with E-state index in [1.165, 1.54) is 0 Å². The van der Waals surface area contributed by atoms with Crippen molar-refractivity contribution in [3.8, 4) is 16.9 Å². The normalized spacial score (nSPS) is 19.6. The van der Waals surface area contributed by atoms with Gasteiger partial charge in [-0.05, 0) is 47.5 Å². The Hall–Kier alpha value is -2.38. The van der Waals surface area contributed by atoms with Crippen LogP contribution in [0.5, 0.6) is 5.75 Å². The number of hydrogen-bond acceptors (Lipinski definition) is 5. The summed E-state index contributed by atoms with van der Waals surface area (Å²) in [4.78, 5) is 24.0. The molecular weight excluding hydrogens is 342 g/mol. The maximum Gasteiger partial charge on any atom is 0.332 e. The van der Waals surface area contributed by atoms with Crippen molar-refractivity contribution in [2.45, 2.75) is 31.6 Å². The zero-order valence-electron chi connectivity index (χ0n) is 13.7. The fraction of sp³-hybridized carbons (Fsp3) is 0.333. The third kappa shape index (κ3) is 4.18. The molecule has 0 bridgehead atoms. The van der Waals surface area contributed by atoms with Gasteiger partial charge in [0.15, 0.2) is 6.10 Å². The fourth-order valence-electron chi connectivity index (χ4n) is 2.71. The molecule has 1 saturated heterocycles. The third-order valence-corrected chi connectivity index (χ3v) is 5.04. The Bertz CT molecular complexity index is 755. The molecule has 1 aliphatic rings. The van der Waals surface area contributed by atoms with Crippen LogP contribution in [0.4, 0.5) is 0 Å². The number of carboxylic acids is 1. The van der Waals surface area contributed by atoms with E-state index in [1.807, 2.05) is 35.7 Å². The van der Waals surface area contributed by atoms with Gasteiger partial charge in [0.05, 0.1) is 13.7 Å². The number of amides is 1.